The van der Waals surface area contributed by atoms with E-state index in [0.717, 1.165) is 108 Å². The maximum atomic E-state index is 12.5. The number of benzene rings is 6. The van der Waals surface area contributed by atoms with Gasteiger partial charge in [-0.15, -0.1) is 0 Å². The molecule has 80 heavy (non-hydrogen) atoms. The molecule has 8 rings (SSSR count). The van der Waals surface area contributed by atoms with Crippen LogP contribution in [0.2, 0.25) is 10.0 Å². The Hall–Kier alpha value is -4.26. The van der Waals surface area contributed by atoms with Gasteiger partial charge in [-0.1, -0.05) is 286 Å². The van der Waals surface area contributed by atoms with E-state index in [-0.39, 0.29) is 0 Å². The van der Waals surface area contributed by atoms with Crippen LogP contribution in [0.15, 0.2) is 133 Å². The third-order valence-electron chi connectivity index (χ3n) is 17.5. The fourth-order valence-electron chi connectivity index (χ4n) is 13.2. The molecule has 0 spiro atoms. The number of halogens is 2. The summed E-state index contributed by atoms with van der Waals surface area (Å²) < 4.78 is 12.0. The van der Waals surface area contributed by atoms with Crippen molar-refractivity contribution in [3.63, 3.8) is 0 Å². The Balaban J connectivity index is 0.522. The van der Waals surface area contributed by atoms with Gasteiger partial charge in [-0.3, -0.25) is 0 Å². The Morgan fingerprint density at radius 1 is 0.287 bits per heavy atom. The van der Waals surface area contributed by atoms with E-state index in [1.54, 1.807) is 0 Å². The van der Waals surface area contributed by atoms with Gasteiger partial charge in [-0.2, -0.15) is 0 Å². The molecule has 6 aromatic carbocycles. The molecule has 0 saturated heterocycles. The highest BCUT2D eigenvalue weighted by molar-refractivity contribution is 6.31. The quantitative estimate of drug-likeness (QED) is 0.0376. The Labute approximate surface area is 493 Å². The number of aryl methyl sites for hydroxylation is 2. The lowest BCUT2D eigenvalue weighted by Gasteiger charge is -2.28. The second kappa shape index (κ2) is 33.7. The van der Waals surface area contributed by atoms with Crippen LogP contribution in [0.4, 0.5) is 0 Å². The minimum absolute atomic E-state index is 0.647. The van der Waals surface area contributed by atoms with Gasteiger partial charge in [-0.05, 0) is 120 Å². The summed E-state index contributed by atoms with van der Waals surface area (Å²) in [6.45, 7) is 3.73. The molecule has 6 aromatic rings. The van der Waals surface area contributed by atoms with Gasteiger partial charge in [0.1, 0.15) is 11.2 Å². The van der Waals surface area contributed by atoms with E-state index in [9.17, 15) is 10.2 Å². The molecular weight excluding hydrogens is 1020 g/mol. The topological polar surface area (TPSA) is 58.9 Å². The third kappa shape index (κ3) is 17.2. The van der Waals surface area contributed by atoms with Crippen LogP contribution in [-0.2, 0) is 33.5 Å². The van der Waals surface area contributed by atoms with Crippen molar-refractivity contribution in [2.75, 3.05) is 26.4 Å². The van der Waals surface area contributed by atoms with Crippen LogP contribution in [-0.4, -0.2) is 36.6 Å². The molecule has 0 aliphatic heterocycles. The van der Waals surface area contributed by atoms with E-state index in [2.05, 4.69) is 72.8 Å². The van der Waals surface area contributed by atoms with Crippen molar-refractivity contribution in [2.45, 2.75) is 217 Å². The predicted octanol–water partition coefficient (Wildman–Crippen LogP) is 21.0. The molecule has 4 nitrogen and oxygen atoms in total. The third-order valence-corrected chi connectivity index (χ3v) is 18.0. The zero-order chi connectivity index (χ0) is 55.5. The molecule has 0 bridgehead atoms. The number of hydrogen-bond acceptors (Lipinski definition) is 4. The summed E-state index contributed by atoms with van der Waals surface area (Å²) in [7, 11) is 0. The van der Waals surface area contributed by atoms with E-state index in [4.69, 9.17) is 32.7 Å². The lowest BCUT2D eigenvalue weighted by molar-refractivity contribution is 0.125. The molecule has 0 heterocycles. The molecule has 2 atom stereocenters. The Morgan fingerprint density at radius 3 is 0.887 bits per heavy atom. The SMILES string of the molecule is OC1(c2cccc(Cl)c2)c2ccccc2-c2cccc(CCCCCCCCCCCCOCCCCCCCCCCCCOCCCCCCCCCCCCc3cccc4c3C(O)(c3cccc(Cl)c3)c3ccccc3-4)c21. The summed E-state index contributed by atoms with van der Waals surface area (Å²) in [4.78, 5) is 0. The van der Waals surface area contributed by atoms with Gasteiger partial charge in [-0.25, -0.2) is 0 Å². The van der Waals surface area contributed by atoms with Crippen molar-refractivity contribution in [2.24, 2.45) is 0 Å². The first-order valence-electron chi connectivity index (χ1n) is 32.0. The highest BCUT2D eigenvalue weighted by Crippen LogP contribution is 2.54. The Bertz CT molecular complexity index is 2560. The smallest absolute Gasteiger partial charge is 0.142 e. The van der Waals surface area contributed by atoms with Crippen molar-refractivity contribution in [3.05, 3.63) is 188 Å². The van der Waals surface area contributed by atoms with Crippen LogP contribution in [0, 0.1) is 0 Å². The summed E-state index contributed by atoms with van der Waals surface area (Å²) in [5.41, 5.74) is 10.3. The largest absolute Gasteiger partial charge is 0.381 e. The minimum Gasteiger partial charge on any atom is -0.381 e. The van der Waals surface area contributed by atoms with E-state index < -0.39 is 11.2 Å². The first-order valence-corrected chi connectivity index (χ1v) is 32.7. The molecule has 2 unspecified atom stereocenters. The molecule has 6 heteroatoms. The van der Waals surface area contributed by atoms with Gasteiger partial charge in [0, 0.05) is 58.7 Å². The van der Waals surface area contributed by atoms with Crippen LogP contribution in [0.25, 0.3) is 22.3 Å². The first-order chi connectivity index (χ1) is 39.4. The van der Waals surface area contributed by atoms with Gasteiger partial charge in [0.05, 0.1) is 0 Å². The number of ether oxygens (including phenoxy) is 2. The normalized spacial score (nSPS) is 16.0. The maximum absolute atomic E-state index is 12.5. The van der Waals surface area contributed by atoms with Crippen LogP contribution in [0.3, 0.4) is 0 Å². The molecule has 2 aliphatic carbocycles. The van der Waals surface area contributed by atoms with Crippen molar-refractivity contribution in [3.8, 4) is 22.3 Å². The van der Waals surface area contributed by atoms with E-state index in [0.29, 0.717) is 10.0 Å². The molecule has 0 amide bonds. The Kier molecular flexibility index (Phi) is 26.1. The van der Waals surface area contributed by atoms with E-state index in [1.165, 1.54) is 191 Å². The number of unbranched alkanes of at least 4 members (excludes halogenated alkanes) is 27. The maximum Gasteiger partial charge on any atom is 0.142 e. The number of aliphatic hydroxyl groups is 2. The summed E-state index contributed by atoms with van der Waals surface area (Å²) in [5.74, 6) is 0. The fraction of sp³-hybridized carbons (Fsp3) is 0.514. The summed E-state index contributed by atoms with van der Waals surface area (Å²) in [6.07, 6.45) is 40.8. The summed E-state index contributed by atoms with van der Waals surface area (Å²) in [5, 5.41) is 26.2. The van der Waals surface area contributed by atoms with E-state index >= 15 is 0 Å². The predicted molar refractivity (Wildman–Crippen MR) is 338 cm³/mol. The molecule has 0 saturated carbocycles. The molecule has 2 N–H and O–H groups in total. The van der Waals surface area contributed by atoms with Crippen molar-refractivity contribution >= 4 is 23.2 Å². The number of rotatable bonds is 41. The second-order valence-electron chi connectivity index (χ2n) is 23.5. The molecule has 2 aliphatic rings. The van der Waals surface area contributed by atoms with E-state index in [1.807, 2.05) is 60.7 Å². The standard InChI is InChI=1S/C74H96Cl2O4/c75-63-45-37-43-61(57-63)73(77)69-51-29-27-47-65(69)67-49-35-41-59(71(67)73)39-25-19-13-7-1-3-9-15-21-31-53-79-55-33-23-17-11-5-6-12-18-24-34-56-80-54-32-22-16-10-4-2-8-14-20-26-40-60-42-36-50-68-66-48-28-30-52-70(66)74(78,72(60)68)62-44-38-46-64(76)58-62/h27-30,35-38,41-52,57-58,77-78H,1-26,31-34,39-40,53-56H2. The van der Waals surface area contributed by atoms with Crippen LogP contribution >= 0.6 is 23.2 Å². The lowest BCUT2D eigenvalue weighted by atomic mass is 9.81. The highest BCUT2D eigenvalue weighted by Gasteiger charge is 2.46. The molecular formula is C74H96Cl2O4. The van der Waals surface area contributed by atoms with Gasteiger partial charge >= 0.3 is 0 Å². The van der Waals surface area contributed by atoms with Crippen molar-refractivity contribution in [1.29, 1.82) is 0 Å². The number of hydrogen-bond donors (Lipinski definition) is 2. The average Bonchev–Trinajstić information content (AvgIpc) is 2.88. The molecule has 0 radical (unpaired) electrons. The van der Waals surface area contributed by atoms with Gasteiger partial charge in [0.25, 0.3) is 0 Å². The fourth-order valence-corrected chi connectivity index (χ4v) is 13.6. The van der Waals surface area contributed by atoms with Gasteiger partial charge < -0.3 is 19.7 Å². The van der Waals surface area contributed by atoms with Gasteiger partial charge in [0.2, 0.25) is 0 Å². The van der Waals surface area contributed by atoms with Crippen molar-refractivity contribution in [1.82, 2.24) is 0 Å². The minimum atomic E-state index is -1.19. The first kappa shape index (κ1) is 61.8. The Morgan fingerprint density at radius 2 is 0.562 bits per heavy atom. The number of fused-ring (bicyclic) bond motifs is 6. The van der Waals surface area contributed by atoms with Crippen molar-refractivity contribution < 1.29 is 19.7 Å². The van der Waals surface area contributed by atoms with Crippen LogP contribution in [0.1, 0.15) is 237 Å². The van der Waals surface area contributed by atoms with Gasteiger partial charge in [0.15, 0.2) is 0 Å². The van der Waals surface area contributed by atoms with Crippen LogP contribution in [0.5, 0.6) is 0 Å². The summed E-state index contributed by atoms with van der Waals surface area (Å²) in [6, 6.07) is 45.1. The zero-order valence-electron chi connectivity index (χ0n) is 48.6. The highest BCUT2D eigenvalue weighted by atomic mass is 35.5. The van der Waals surface area contributed by atoms with Crippen LogP contribution < -0.4 is 0 Å². The monoisotopic (exact) mass is 1120 g/mol. The molecule has 0 aromatic heterocycles. The molecule has 0 fully saturated rings. The second-order valence-corrected chi connectivity index (χ2v) is 24.4. The molecule has 430 valence electrons. The lowest BCUT2D eigenvalue weighted by Crippen LogP contribution is -2.27. The summed E-state index contributed by atoms with van der Waals surface area (Å²) >= 11 is 12.9. The zero-order valence-corrected chi connectivity index (χ0v) is 50.1. The average molecular weight is 1120 g/mol.